The quantitative estimate of drug-likeness (QED) is 0.866. The van der Waals surface area contributed by atoms with Crippen molar-refractivity contribution in [2.24, 2.45) is 0 Å². The summed E-state index contributed by atoms with van der Waals surface area (Å²) in [5.41, 5.74) is 0.436. The van der Waals surface area contributed by atoms with Gasteiger partial charge in [0.25, 0.3) is 5.91 Å². The summed E-state index contributed by atoms with van der Waals surface area (Å²) in [5.74, 6) is -0.850. The van der Waals surface area contributed by atoms with Crippen LogP contribution in [0.3, 0.4) is 0 Å². The van der Waals surface area contributed by atoms with E-state index in [4.69, 9.17) is 14.2 Å². The minimum atomic E-state index is -0.724. The Hall–Kier alpha value is -2.83. The second-order valence-electron chi connectivity index (χ2n) is 5.27. The summed E-state index contributed by atoms with van der Waals surface area (Å²) in [4.78, 5) is 12.5. The van der Waals surface area contributed by atoms with E-state index in [1.807, 2.05) is 0 Å². The largest absolute Gasteiger partial charge is 0.493 e. The molecular weight excluding hydrogens is 332 g/mol. The third kappa shape index (κ3) is 3.99. The van der Waals surface area contributed by atoms with Crippen LogP contribution in [0, 0.1) is 11.6 Å². The molecule has 5 nitrogen and oxygen atoms in total. The fourth-order valence-corrected chi connectivity index (χ4v) is 2.42. The molecule has 1 N–H and O–H groups in total. The van der Waals surface area contributed by atoms with E-state index < -0.39 is 23.6 Å². The molecule has 0 aromatic heterocycles. The van der Waals surface area contributed by atoms with Gasteiger partial charge < -0.3 is 19.5 Å². The van der Waals surface area contributed by atoms with Crippen molar-refractivity contribution in [3.8, 4) is 17.2 Å². The van der Waals surface area contributed by atoms with Gasteiger partial charge in [-0.15, -0.1) is 0 Å². The van der Waals surface area contributed by atoms with Crippen molar-refractivity contribution >= 4 is 5.91 Å². The summed E-state index contributed by atoms with van der Waals surface area (Å²) in [6.07, 6.45) is 0. The molecule has 0 heterocycles. The fraction of sp³-hybridized carbons (Fsp3) is 0.278. The van der Waals surface area contributed by atoms with Crippen molar-refractivity contribution in [3.05, 3.63) is 53.1 Å². The highest BCUT2D eigenvalue weighted by Gasteiger charge is 2.19. The van der Waals surface area contributed by atoms with E-state index in [2.05, 4.69) is 5.32 Å². The van der Waals surface area contributed by atoms with E-state index in [1.54, 1.807) is 6.92 Å². The van der Waals surface area contributed by atoms with Crippen molar-refractivity contribution < 1.29 is 27.8 Å². The molecule has 0 saturated carbocycles. The van der Waals surface area contributed by atoms with Crippen molar-refractivity contribution in [1.29, 1.82) is 0 Å². The van der Waals surface area contributed by atoms with Crippen LogP contribution in [-0.4, -0.2) is 27.2 Å². The summed E-state index contributed by atoms with van der Waals surface area (Å²) in [5, 5.41) is 2.66. The molecule has 2 rings (SSSR count). The van der Waals surface area contributed by atoms with Crippen LogP contribution in [0.25, 0.3) is 0 Å². The molecule has 0 radical (unpaired) electrons. The Labute approximate surface area is 144 Å². The average molecular weight is 351 g/mol. The molecule has 1 atom stereocenters. The first-order valence-corrected chi connectivity index (χ1v) is 7.47. The first-order chi connectivity index (χ1) is 11.9. The van der Waals surface area contributed by atoms with Gasteiger partial charge in [0, 0.05) is 17.2 Å². The highest BCUT2D eigenvalue weighted by molar-refractivity contribution is 5.95. The van der Waals surface area contributed by atoms with Gasteiger partial charge in [-0.2, -0.15) is 0 Å². The zero-order valence-corrected chi connectivity index (χ0v) is 14.4. The molecule has 0 aliphatic carbocycles. The third-order valence-electron chi connectivity index (χ3n) is 3.70. The van der Waals surface area contributed by atoms with Crippen molar-refractivity contribution in [2.45, 2.75) is 13.0 Å². The van der Waals surface area contributed by atoms with Gasteiger partial charge in [0.05, 0.1) is 27.4 Å². The third-order valence-corrected chi connectivity index (χ3v) is 3.70. The average Bonchev–Trinajstić information content (AvgIpc) is 2.59. The topological polar surface area (TPSA) is 56.8 Å². The lowest BCUT2D eigenvalue weighted by Gasteiger charge is -2.17. The minimum absolute atomic E-state index is 0.183. The molecule has 0 aliphatic rings. The van der Waals surface area contributed by atoms with Gasteiger partial charge in [-0.25, -0.2) is 8.78 Å². The number of carbonyl (C=O) groups is 1. The van der Waals surface area contributed by atoms with Gasteiger partial charge in [0.1, 0.15) is 11.6 Å². The Kier molecular flexibility index (Phi) is 5.80. The van der Waals surface area contributed by atoms with E-state index in [0.717, 1.165) is 12.1 Å². The Morgan fingerprint density at radius 2 is 1.60 bits per heavy atom. The summed E-state index contributed by atoms with van der Waals surface area (Å²) in [6.45, 7) is 1.60. The number of methoxy groups -OCH3 is 3. The van der Waals surface area contributed by atoms with Crippen LogP contribution in [0.4, 0.5) is 8.78 Å². The molecule has 0 aliphatic heterocycles. The summed E-state index contributed by atoms with van der Waals surface area (Å²) >= 11 is 0. The molecule has 25 heavy (non-hydrogen) atoms. The number of benzene rings is 2. The van der Waals surface area contributed by atoms with Crippen molar-refractivity contribution in [2.75, 3.05) is 21.3 Å². The molecule has 7 heteroatoms. The predicted octanol–water partition coefficient (Wildman–Crippen LogP) is 3.48. The smallest absolute Gasteiger partial charge is 0.252 e. The zero-order chi connectivity index (χ0) is 18.6. The lowest BCUT2D eigenvalue weighted by Crippen LogP contribution is -2.27. The van der Waals surface area contributed by atoms with E-state index in [0.29, 0.717) is 17.2 Å². The van der Waals surface area contributed by atoms with E-state index in [-0.39, 0.29) is 11.1 Å². The summed E-state index contributed by atoms with van der Waals surface area (Å²) < 4.78 is 42.5. The lowest BCUT2D eigenvalue weighted by atomic mass is 10.1. The maximum atomic E-state index is 13.8. The fourth-order valence-electron chi connectivity index (χ4n) is 2.42. The van der Waals surface area contributed by atoms with E-state index in [9.17, 15) is 13.6 Å². The number of nitrogens with one attached hydrogen (secondary N) is 1. The van der Waals surface area contributed by atoms with Crippen LogP contribution in [0.1, 0.15) is 28.9 Å². The molecule has 0 spiro atoms. The molecule has 1 amide bonds. The molecule has 134 valence electrons. The number of hydrogen-bond acceptors (Lipinski definition) is 4. The van der Waals surface area contributed by atoms with Gasteiger partial charge in [-0.3, -0.25) is 4.79 Å². The number of carbonyl (C=O) groups excluding carboxylic acids is 1. The predicted molar refractivity (Wildman–Crippen MR) is 88.3 cm³/mol. The Morgan fingerprint density at radius 3 is 2.08 bits per heavy atom. The standard InChI is InChI=1S/C18H19F2NO4/c1-10(13-6-5-12(19)9-14(13)20)21-18(22)11-7-15(23-2)17(25-4)16(8-11)24-3/h5-10H,1-4H3,(H,21,22). The van der Waals surface area contributed by atoms with E-state index >= 15 is 0 Å². The molecule has 0 bridgehead atoms. The lowest BCUT2D eigenvalue weighted by molar-refractivity contribution is 0.0938. The number of rotatable bonds is 6. The van der Waals surface area contributed by atoms with E-state index in [1.165, 1.54) is 39.5 Å². The maximum absolute atomic E-state index is 13.8. The second kappa shape index (κ2) is 7.83. The number of amides is 1. The number of halogens is 2. The first-order valence-electron chi connectivity index (χ1n) is 7.47. The first kappa shape index (κ1) is 18.5. The second-order valence-corrected chi connectivity index (χ2v) is 5.27. The Balaban J connectivity index is 2.28. The highest BCUT2D eigenvalue weighted by atomic mass is 19.1. The van der Waals surface area contributed by atoms with Gasteiger partial charge >= 0.3 is 0 Å². The number of ether oxygens (including phenoxy) is 3. The van der Waals surface area contributed by atoms with Gasteiger partial charge in [-0.05, 0) is 25.1 Å². The van der Waals surface area contributed by atoms with Crippen LogP contribution in [-0.2, 0) is 0 Å². The monoisotopic (exact) mass is 351 g/mol. The van der Waals surface area contributed by atoms with Crippen molar-refractivity contribution in [1.82, 2.24) is 5.32 Å². The molecule has 1 unspecified atom stereocenters. The SMILES string of the molecule is COc1cc(C(=O)NC(C)c2ccc(F)cc2F)cc(OC)c1OC. The van der Waals surface area contributed by atoms with Gasteiger partial charge in [-0.1, -0.05) is 6.07 Å². The molecule has 0 fully saturated rings. The molecular formula is C18H19F2NO4. The van der Waals surface area contributed by atoms with Gasteiger partial charge in [0.15, 0.2) is 11.5 Å². The zero-order valence-electron chi connectivity index (χ0n) is 14.4. The van der Waals surface area contributed by atoms with Crippen LogP contribution in [0.5, 0.6) is 17.2 Å². The maximum Gasteiger partial charge on any atom is 0.252 e. The minimum Gasteiger partial charge on any atom is -0.493 e. The van der Waals surface area contributed by atoms with Crippen LogP contribution >= 0.6 is 0 Å². The normalized spacial score (nSPS) is 11.6. The highest BCUT2D eigenvalue weighted by Crippen LogP contribution is 2.38. The van der Waals surface area contributed by atoms with Crippen molar-refractivity contribution in [3.63, 3.8) is 0 Å². The molecule has 2 aromatic rings. The Bertz CT molecular complexity index is 755. The number of hydrogen-bond donors (Lipinski definition) is 1. The summed E-state index contributed by atoms with van der Waals surface area (Å²) in [6, 6.07) is 5.53. The van der Waals surface area contributed by atoms with Gasteiger partial charge in [0.2, 0.25) is 5.75 Å². The summed E-state index contributed by atoms with van der Waals surface area (Å²) in [7, 11) is 4.34. The van der Waals surface area contributed by atoms with Crippen LogP contribution in [0.15, 0.2) is 30.3 Å². The van der Waals surface area contributed by atoms with Crippen LogP contribution in [0.2, 0.25) is 0 Å². The Morgan fingerprint density at radius 1 is 1.00 bits per heavy atom. The molecule has 0 saturated heterocycles. The van der Waals surface area contributed by atoms with Crippen LogP contribution < -0.4 is 19.5 Å². The molecule has 2 aromatic carbocycles.